The van der Waals surface area contributed by atoms with Crippen LogP contribution in [0.4, 0.5) is 0 Å². The van der Waals surface area contributed by atoms with Crippen molar-refractivity contribution in [2.24, 2.45) is 4.99 Å². The van der Waals surface area contributed by atoms with E-state index in [0.717, 1.165) is 18.0 Å². The van der Waals surface area contributed by atoms with Crippen molar-refractivity contribution >= 4 is 5.84 Å². The van der Waals surface area contributed by atoms with Crippen LogP contribution >= 0.6 is 0 Å². The molecule has 0 radical (unpaired) electrons. The van der Waals surface area contributed by atoms with Gasteiger partial charge in [0.15, 0.2) is 0 Å². The van der Waals surface area contributed by atoms with Crippen molar-refractivity contribution in [2.75, 3.05) is 0 Å². The number of hydrogen-bond acceptors (Lipinski definition) is 2. The average molecular weight is 164 g/mol. The predicted molar refractivity (Wildman–Crippen MR) is 53.2 cm³/mol. The second-order valence-electron chi connectivity index (χ2n) is 3.01. The fraction of sp³-hybridized carbons (Fsp3) is 0.500. The molecule has 1 aliphatic heterocycles. The van der Waals surface area contributed by atoms with Crippen LogP contribution in [-0.2, 0) is 0 Å². The lowest BCUT2D eigenvalue weighted by atomic mass is 10.2. The Kier molecular flexibility index (Phi) is 3.09. The molecule has 1 aliphatic rings. The van der Waals surface area contributed by atoms with Crippen molar-refractivity contribution < 1.29 is 0 Å². The molecule has 1 heterocycles. The molecule has 0 fully saturated rings. The van der Waals surface area contributed by atoms with Gasteiger partial charge in [-0.3, -0.25) is 4.99 Å². The number of nitrogens with one attached hydrogen (secondary N) is 1. The van der Waals surface area contributed by atoms with Crippen molar-refractivity contribution in [3.8, 4) is 0 Å². The molecule has 0 bridgehead atoms. The quantitative estimate of drug-likeness (QED) is 0.665. The zero-order valence-electron chi connectivity index (χ0n) is 7.96. The van der Waals surface area contributed by atoms with E-state index in [2.05, 4.69) is 42.4 Å². The zero-order chi connectivity index (χ0) is 8.97. The molecule has 0 spiro atoms. The maximum Gasteiger partial charge on any atom is 0.0982 e. The van der Waals surface area contributed by atoms with Crippen LogP contribution in [0.1, 0.15) is 27.2 Å². The minimum atomic E-state index is 0.308. The van der Waals surface area contributed by atoms with E-state index in [1.807, 2.05) is 6.92 Å². The lowest BCUT2D eigenvalue weighted by Gasteiger charge is -2.15. The lowest BCUT2D eigenvalue weighted by molar-refractivity contribution is 0.864. The molecule has 1 atom stereocenters. The van der Waals surface area contributed by atoms with Crippen LogP contribution in [0.3, 0.4) is 0 Å². The van der Waals surface area contributed by atoms with Crippen LogP contribution in [0, 0.1) is 0 Å². The Morgan fingerprint density at radius 3 is 3.00 bits per heavy atom. The zero-order valence-corrected chi connectivity index (χ0v) is 7.96. The van der Waals surface area contributed by atoms with Crippen molar-refractivity contribution in [1.82, 2.24) is 5.32 Å². The fourth-order valence-electron chi connectivity index (χ4n) is 1.23. The Bertz CT molecular complexity index is 236. The molecule has 12 heavy (non-hydrogen) atoms. The first kappa shape index (κ1) is 9.04. The van der Waals surface area contributed by atoms with E-state index in [0.29, 0.717) is 6.04 Å². The summed E-state index contributed by atoms with van der Waals surface area (Å²) in [6.45, 7) is 6.21. The molecule has 0 aliphatic carbocycles. The molecule has 0 amide bonds. The summed E-state index contributed by atoms with van der Waals surface area (Å²) in [6.07, 6.45) is 7.45. The van der Waals surface area contributed by atoms with E-state index in [4.69, 9.17) is 0 Å². The van der Waals surface area contributed by atoms with Gasteiger partial charge in [-0.1, -0.05) is 13.0 Å². The summed E-state index contributed by atoms with van der Waals surface area (Å²) in [6, 6.07) is 0.308. The lowest BCUT2D eigenvalue weighted by Crippen LogP contribution is -2.25. The van der Waals surface area contributed by atoms with Crippen LogP contribution < -0.4 is 5.32 Å². The third kappa shape index (κ3) is 2.53. The second-order valence-corrected chi connectivity index (χ2v) is 3.01. The number of aliphatic imine (C=N–C) groups is 1. The first-order valence-electron chi connectivity index (χ1n) is 4.42. The van der Waals surface area contributed by atoms with Crippen LogP contribution in [0.2, 0.25) is 0 Å². The Balaban J connectivity index is 2.62. The molecule has 1 N–H and O–H groups in total. The molecule has 0 saturated carbocycles. The predicted octanol–water partition coefficient (Wildman–Crippen LogP) is 2.25. The molecule has 1 unspecified atom stereocenters. The van der Waals surface area contributed by atoms with Gasteiger partial charge in [-0.15, -0.1) is 0 Å². The summed E-state index contributed by atoms with van der Waals surface area (Å²) in [5.41, 5.74) is 1.16. The summed E-state index contributed by atoms with van der Waals surface area (Å²) < 4.78 is 0. The third-order valence-electron chi connectivity index (χ3n) is 1.68. The molecular formula is C10H16N2. The first-order valence-corrected chi connectivity index (χ1v) is 4.42. The molecule has 2 heteroatoms. The smallest absolute Gasteiger partial charge is 0.0982 e. The van der Waals surface area contributed by atoms with E-state index in [9.17, 15) is 0 Å². The van der Waals surface area contributed by atoms with Crippen molar-refractivity contribution in [3.05, 3.63) is 23.9 Å². The number of allylic oxidation sites excluding steroid dienone is 2. The highest BCUT2D eigenvalue weighted by molar-refractivity contribution is 5.83. The van der Waals surface area contributed by atoms with Gasteiger partial charge in [-0.25, -0.2) is 0 Å². The van der Waals surface area contributed by atoms with Gasteiger partial charge in [-0.05, 0) is 32.4 Å². The SMILES string of the molecule is CCC=CC1=CC(C)N=C(C)N1. The van der Waals surface area contributed by atoms with Crippen molar-refractivity contribution in [3.63, 3.8) is 0 Å². The highest BCUT2D eigenvalue weighted by atomic mass is 15.0. The molecule has 0 aromatic carbocycles. The summed E-state index contributed by atoms with van der Waals surface area (Å²) in [4.78, 5) is 4.34. The van der Waals surface area contributed by atoms with Crippen LogP contribution in [-0.4, -0.2) is 11.9 Å². The second kappa shape index (κ2) is 4.10. The van der Waals surface area contributed by atoms with Gasteiger partial charge in [0.1, 0.15) is 0 Å². The van der Waals surface area contributed by atoms with Gasteiger partial charge in [0.05, 0.1) is 11.9 Å². The van der Waals surface area contributed by atoms with Crippen LogP contribution in [0.15, 0.2) is 28.9 Å². The summed E-state index contributed by atoms with van der Waals surface area (Å²) in [5.74, 6) is 1.00. The number of rotatable bonds is 2. The largest absolute Gasteiger partial charge is 0.344 e. The third-order valence-corrected chi connectivity index (χ3v) is 1.68. The molecule has 66 valence electrons. The monoisotopic (exact) mass is 164 g/mol. The Morgan fingerprint density at radius 1 is 1.67 bits per heavy atom. The normalized spacial score (nSPS) is 23.4. The van der Waals surface area contributed by atoms with Crippen LogP contribution in [0.25, 0.3) is 0 Å². The molecule has 0 saturated heterocycles. The molecule has 1 rings (SSSR count). The minimum Gasteiger partial charge on any atom is -0.344 e. The first-order chi connectivity index (χ1) is 5.72. The Labute approximate surface area is 74.1 Å². The van der Waals surface area contributed by atoms with Crippen LogP contribution in [0.5, 0.6) is 0 Å². The summed E-state index contributed by atoms with van der Waals surface area (Å²) in [7, 11) is 0. The van der Waals surface area contributed by atoms with Crippen molar-refractivity contribution in [1.29, 1.82) is 0 Å². The van der Waals surface area contributed by atoms with Gasteiger partial charge < -0.3 is 5.32 Å². The van der Waals surface area contributed by atoms with E-state index >= 15 is 0 Å². The van der Waals surface area contributed by atoms with E-state index in [1.54, 1.807) is 0 Å². The number of nitrogens with zero attached hydrogens (tertiary/aromatic N) is 1. The highest BCUT2D eigenvalue weighted by Gasteiger charge is 2.04. The van der Waals surface area contributed by atoms with Gasteiger partial charge in [0, 0.05) is 5.70 Å². The van der Waals surface area contributed by atoms with Gasteiger partial charge in [0.25, 0.3) is 0 Å². The van der Waals surface area contributed by atoms with Gasteiger partial charge >= 0.3 is 0 Å². The van der Waals surface area contributed by atoms with E-state index in [-0.39, 0.29) is 0 Å². The maximum absolute atomic E-state index is 4.34. The van der Waals surface area contributed by atoms with E-state index in [1.165, 1.54) is 0 Å². The van der Waals surface area contributed by atoms with Gasteiger partial charge in [0.2, 0.25) is 0 Å². The highest BCUT2D eigenvalue weighted by Crippen LogP contribution is 2.05. The maximum atomic E-state index is 4.34. The number of amidine groups is 1. The molecule has 0 aromatic rings. The van der Waals surface area contributed by atoms with Gasteiger partial charge in [-0.2, -0.15) is 0 Å². The Morgan fingerprint density at radius 2 is 2.42 bits per heavy atom. The summed E-state index contributed by atoms with van der Waals surface area (Å²) >= 11 is 0. The van der Waals surface area contributed by atoms with E-state index < -0.39 is 0 Å². The minimum absolute atomic E-state index is 0.308. The topological polar surface area (TPSA) is 24.4 Å². The Hall–Kier alpha value is -1.05. The average Bonchev–Trinajstić information content (AvgIpc) is 1.99. The summed E-state index contributed by atoms with van der Waals surface area (Å²) in [5, 5.41) is 3.21. The molecule has 0 aromatic heterocycles. The molecule has 2 nitrogen and oxygen atoms in total. The standard InChI is InChI=1S/C10H16N2/c1-4-5-6-10-7-8(2)11-9(3)12-10/h5-8H,4H2,1-3H3,(H,11,12). The van der Waals surface area contributed by atoms with Crippen molar-refractivity contribution in [2.45, 2.75) is 33.2 Å². The number of hydrogen-bond donors (Lipinski definition) is 1. The molecular weight excluding hydrogens is 148 g/mol. The fourth-order valence-corrected chi connectivity index (χ4v) is 1.23.